The van der Waals surface area contributed by atoms with E-state index in [1.807, 2.05) is 0 Å². The molecule has 6 heteroatoms. The maximum Gasteiger partial charge on any atom is 0.408 e. The van der Waals surface area contributed by atoms with Crippen LogP contribution in [0, 0.1) is 0 Å². The van der Waals surface area contributed by atoms with Crippen LogP contribution < -0.4 is 5.32 Å². The summed E-state index contributed by atoms with van der Waals surface area (Å²) >= 11 is 2.11. The third-order valence-corrected chi connectivity index (χ3v) is 3.08. The first kappa shape index (κ1) is 11.5. The lowest BCUT2D eigenvalue weighted by Gasteiger charge is -2.35. The van der Waals surface area contributed by atoms with Gasteiger partial charge in [0, 0.05) is 10.8 Å². The van der Waals surface area contributed by atoms with Crippen LogP contribution in [0.4, 0.5) is 4.79 Å². The molecule has 5 nitrogen and oxygen atoms in total. The molecule has 14 heavy (non-hydrogen) atoms. The standard InChI is InChI=1S/C8H12INO4/c1-8(6(11)13-2)3-5(4-9)14-7(12)10-8/h5H,3-4H2,1-2H3,(H,10,12)/t5-,8-/m0/s1. The van der Waals surface area contributed by atoms with Crippen LogP contribution in [0.3, 0.4) is 0 Å². The molecule has 0 saturated carbocycles. The van der Waals surface area contributed by atoms with Crippen LogP contribution >= 0.6 is 22.6 Å². The van der Waals surface area contributed by atoms with Crippen molar-refractivity contribution in [3.63, 3.8) is 0 Å². The summed E-state index contributed by atoms with van der Waals surface area (Å²) in [6.07, 6.45) is -0.354. The SMILES string of the molecule is COC(=O)[C@]1(C)C[C@@H](CI)OC(=O)N1. The van der Waals surface area contributed by atoms with Crippen LogP contribution in [0.2, 0.25) is 0 Å². The van der Waals surface area contributed by atoms with Crippen molar-refractivity contribution in [2.75, 3.05) is 11.5 Å². The summed E-state index contributed by atoms with van der Waals surface area (Å²) < 4.78 is 10.2. The molecule has 1 heterocycles. The number of carbonyl (C=O) groups excluding carboxylic acids is 2. The maximum absolute atomic E-state index is 11.4. The zero-order valence-corrected chi connectivity index (χ0v) is 10.2. The molecule has 1 aliphatic rings. The van der Waals surface area contributed by atoms with Gasteiger partial charge in [0.2, 0.25) is 0 Å². The van der Waals surface area contributed by atoms with Crippen molar-refractivity contribution in [2.24, 2.45) is 0 Å². The second-order valence-corrected chi connectivity index (χ2v) is 4.22. The summed E-state index contributed by atoms with van der Waals surface area (Å²) in [5.74, 6) is -0.441. The second-order valence-electron chi connectivity index (χ2n) is 3.33. The molecule has 0 aliphatic carbocycles. The summed E-state index contributed by atoms with van der Waals surface area (Å²) in [7, 11) is 1.30. The number of carbonyl (C=O) groups is 2. The number of halogens is 1. The van der Waals surface area contributed by atoms with Crippen LogP contribution in [0.1, 0.15) is 13.3 Å². The number of methoxy groups -OCH3 is 1. The van der Waals surface area contributed by atoms with Crippen molar-refractivity contribution in [1.82, 2.24) is 5.32 Å². The first-order valence-corrected chi connectivity index (χ1v) is 5.67. The van der Waals surface area contributed by atoms with Gasteiger partial charge in [0.1, 0.15) is 11.6 Å². The highest BCUT2D eigenvalue weighted by atomic mass is 127. The Morgan fingerprint density at radius 3 is 3.00 bits per heavy atom. The van der Waals surface area contributed by atoms with Crippen molar-refractivity contribution in [3.8, 4) is 0 Å². The van der Waals surface area contributed by atoms with Crippen LogP contribution in [0.15, 0.2) is 0 Å². The van der Waals surface area contributed by atoms with E-state index in [-0.39, 0.29) is 6.10 Å². The average molecular weight is 313 g/mol. The summed E-state index contributed by atoms with van der Waals surface area (Å²) in [6.45, 7) is 1.64. The van der Waals surface area contributed by atoms with Crippen molar-refractivity contribution in [3.05, 3.63) is 0 Å². The number of esters is 1. The molecule has 0 unspecified atom stereocenters. The van der Waals surface area contributed by atoms with Gasteiger partial charge in [-0.1, -0.05) is 22.6 Å². The number of hydrogen-bond acceptors (Lipinski definition) is 4. The van der Waals surface area contributed by atoms with Crippen molar-refractivity contribution in [1.29, 1.82) is 0 Å². The third kappa shape index (κ3) is 2.28. The highest BCUT2D eigenvalue weighted by Gasteiger charge is 2.43. The van der Waals surface area contributed by atoms with E-state index in [4.69, 9.17) is 4.74 Å². The van der Waals surface area contributed by atoms with E-state index in [1.165, 1.54) is 7.11 Å². The number of alkyl carbamates (subject to hydrolysis) is 1. The Morgan fingerprint density at radius 1 is 1.86 bits per heavy atom. The van der Waals surface area contributed by atoms with Gasteiger partial charge in [-0.2, -0.15) is 0 Å². The molecule has 80 valence electrons. The fourth-order valence-electron chi connectivity index (χ4n) is 1.40. The van der Waals surface area contributed by atoms with E-state index in [0.717, 1.165) is 0 Å². The lowest BCUT2D eigenvalue weighted by atomic mass is 9.94. The van der Waals surface area contributed by atoms with E-state index >= 15 is 0 Å². The van der Waals surface area contributed by atoms with Gasteiger partial charge < -0.3 is 14.8 Å². The molecule has 0 radical (unpaired) electrons. The highest BCUT2D eigenvalue weighted by molar-refractivity contribution is 14.1. The first-order chi connectivity index (χ1) is 6.51. The maximum atomic E-state index is 11.4. The molecule has 0 spiro atoms. The van der Waals surface area contributed by atoms with E-state index in [2.05, 4.69) is 32.6 Å². The topological polar surface area (TPSA) is 64.6 Å². The number of alkyl halides is 1. The molecule has 0 aromatic rings. The fraction of sp³-hybridized carbons (Fsp3) is 0.750. The van der Waals surface area contributed by atoms with Gasteiger partial charge in [-0.05, 0) is 6.92 Å². The number of nitrogens with one attached hydrogen (secondary N) is 1. The minimum atomic E-state index is -0.958. The molecule has 0 bridgehead atoms. The molecule has 1 N–H and O–H groups in total. The smallest absolute Gasteiger partial charge is 0.408 e. The van der Waals surface area contributed by atoms with Gasteiger partial charge in [0.25, 0.3) is 0 Å². The molecule has 1 rings (SSSR count). The van der Waals surface area contributed by atoms with Gasteiger partial charge in [0.15, 0.2) is 0 Å². The second kappa shape index (κ2) is 4.33. The molecular weight excluding hydrogens is 301 g/mol. The minimum absolute atomic E-state index is 0.228. The molecule has 2 atom stereocenters. The van der Waals surface area contributed by atoms with Crippen LogP contribution in [-0.4, -0.2) is 35.2 Å². The molecule has 1 aliphatic heterocycles. The van der Waals surface area contributed by atoms with Crippen molar-refractivity contribution in [2.45, 2.75) is 25.0 Å². The van der Waals surface area contributed by atoms with Crippen LogP contribution in [0.5, 0.6) is 0 Å². The predicted octanol–water partition coefficient (Wildman–Crippen LogP) is 0.852. The van der Waals surface area contributed by atoms with E-state index < -0.39 is 17.6 Å². The summed E-state index contributed by atoms with van der Waals surface area (Å²) in [4.78, 5) is 22.5. The Bertz CT molecular complexity index is 258. The molecule has 1 fully saturated rings. The molecule has 1 amide bonds. The fourth-order valence-corrected chi connectivity index (χ4v) is 1.89. The third-order valence-electron chi connectivity index (χ3n) is 2.10. The Kier molecular flexibility index (Phi) is 3.57. The van der Waals surface area contributed by atoms with E-state index in [0.29, 0.717) is 10.8 Å². The van der Waals surface area contributed by atoms with Gasteiger partial charge >= 0.3 is 12.1 Å². The Balaban J connectivity index is 2.78. The van der Waals surface area contributed by atoms with Crippen molar-refractivity contribution >= 4 is 34.7 Å². The lowest BCUT2D eigenvalue weighted by molar-refractivity contribution is -0.150. The first-order valence-electron chi connectivity index (χ1n) is 4.15. The monoisotopic (exact) mass is 313 g/mol. The molecule has 0 aromatic heterocycles. The Hall–Kier alpha value is -0.530. The Labute approximate surface area is 95.6 Å². The average Bonchev–Trinajstić information content (AvgIpc) is 2.15. The lowest BCUT2D eigenvalue weighted by Crippen LogP contribution is -2.59. The normalized spacial score (nSPS) is 31.6. The molecule has 1 saturated heterocycles. The predicted molar refractivity (Wildman–Crippen MR) is 57.3 cm³/mol. The summed E-state index contributed by atoms with van der Waals surface area (Å²) in [5.41, 5.74) is -0.958. The summed E-state index contributed by atoms with van der Waals surface area (Å²) in [5, 5.41) is 2.47. The van der Waals surface area contributed by atoms with Crippen LogP contribution in [0.25, 0.3) is 0 Å². The van der Waals surface area contributed by atoms with Gasteiger partial charge in [-0.3, -0.25) is 0 Å². The zero-order valence-electron chi connectivity index (χ0n) is 8.00. The molecule has 0 aromatic carbocycles. The molecular formula is C8H12INO4. The van der Waals surface area contributed by atoms with E-state index in [1.54, 1.807) is 6.92 Å². The van der Waals surface area contributed by atoms with Crippen molar-refractivity contribution < 1.29 is 19.1 Å². The number of ether oxygens (including phenoxy) is 2. The zero-order chi connectivity index (χ0) is 10.8. The number of hydrogen-bond donors (Lipinski definition) is 1. The Morgan fingerprint density at radius 2 is 2.50 bits per heavy atom. The van der Waals surface area contributed by atoms with Gasteiger partial charge in [-0.25, -0.2) is 9.59 Å². The van der Waals surface area contributed by atoms with Gasteiger partial charge in [-0.15, -0.1) is 0 Å². The quantitative estimate of drug-likeness (QED) is 0.466. The van der Waals surface area contributed by atoms with E-state index in [9.17, 15) is 9.59 Å². The largest absolute Gasteiger partial charge is 0.467 e. The number of rotatable bonds is 2. The highest BCUT2D eigenvalue weighted by Crippen LogP contribution is 2.22. The minimum Gasteiger partial charge on any atom is -0.467 e. The van der Waals surface area contributed by atoms with Gasteiger partial charge in [0.05, 0.1) is 7.11 Å². The summed E-state index contributed by atoms with van der Waals surface area (Å²) in [6, 6.07) is 0. The number of amides is 1. The van der Waals surface area contributed by atoms with Crippen LogP contribution in [-0.2, 0) is 14.3 Å². The number of cyclic esters (lactones) is 1.